The molecule has 6 heteroatoms. The second-order valence-electron chi connectivity index (χ2n) is 14.8. The molecule has 0 aliphatic rings. The summed E-state index contributed by atoms with van der Waals surface area (Å²) in [5.41, 5.74) is 2.02. The van der Waals surface area contributed by atoms with Gasteiger partial charge in [0.25, 0.3) is 0 Å². The van der Waals surface area contributed by atoms with Gasteiger partial charge in [0, 0.05) is 65.8 Å². The summed E-state index contributed by atoms with van der Waals surface area (Å²) in [6.07, 6.45) is 0. The fourth-order valence-corrected chi connectivity index (χ4v) is 9.12. The number of hydrogen-bond donors (Lipinski definition) is 0. The molecule has 0 amide bonds. The van der Waals surface area contributed by atoms with Crippen LogP contribution in [0.25, 0.3) is 81.0 Å². The number of benzene rings is 9. The van der Waals surface area contributed by atoms with Gasteiger partial charge in [0.05, 0.1) is 81.9 Å². The summed E-state index contributed by atoms with van der Waals surface area (Å²) in [5.74, 6) is 0. The van der Waals surface area contributed by atoms with E-state index in [0.717, 1.165) is 0 Å². The van der Waals surface area contributed by atoms with Crippen LogP contribution in [0.15, 0.2) is 194 Å². The molecule has 0 saturated heterocycles. The summed E-state index contributed by atoms with van der Waals surface area (Å²) in [6, 6.07) is 26.0. The van der Waals surface area contributed by atoms with Gasteiger partial charge in [0.2, 0.25) is 0 Å². The molecule has 0 spiro atoms. The maximum absolute atomic E-state index is 10.4. The highest BCUT2D eigenvalue weighted by Crippen LogP contribution is 2.51. The lowest BCUT2D eigenvalue weighted by atomic mass is 10.0. The van der Waals surface area contributed by atoms with Gasteiger partial charge in [-0.2, -0.15) is 5.26 Å². The Balaban J connectivity index is 1.30. The van der Waals surface area contributed by atoms with E-state index in [1.54, 1.807) is 119 Å². The first-order chi connectivity index (χ1) is 36.5. The SMILES string of the molecule is [2H]c1c([2H])c([2H])c2c(c1[2H])c1c(N(c3ccccc3)c3cccc(C#N)c3)c([2H])c([2H])c3c4c([2H])c5c(c([2H])c4n2c31)c1c([2H])c([2H])c(N(c2ccccc2)c2cccc([N+]#[C-])c2)c2c3c([2H])c([2H])c([2H])c([2H])c3n5c12. The predicted molar refractivity (Wildman–Crippen MR) is 256 cm³/mol. The molecule has 13 rings (SSSR count). The van der Waals surface area contributed by atoms with Crippen molar-refractivity contribution in [2.24, 2.45) is 0 Å². The second kappa shape index (κ2) is 12.8. The van der Waals surface area contributed by atoms with Gasteiger partial charge in [-0.25, -0.2) is 4.85 Å². The summed E-state index contributed by atoms with van der Waals surface area (Å²) in [7, 11) is 0. The second-order valence-corrected chi connectivity index (χ2v) is 14.8. The molecule has 0 bridgehead atoms. The van der Waals surface area contributed by atoms with Crippen LogP contribution >= 0.6 is 0 Å². The Morgan fingerprint density at radius 1 is 0.484 bits per heavy atom. The van der Waals surface area contributed by atoms with Gasteiger partial charge in [-0.3, -0.25) is 0 Å². The molecule has 0 unspecified atom stereocenters. The number of nitrogens with zero attached hydrogens (tertiary/aromatic N) is 6. The van der Waals surface area contributed by atoms with E-state index in [4.69, 9.17) is 12.1 Å². The third kappa shape index (κ3) is 4.61. The van der Waals surface area contributed by atoms with Crippen molar-refractivity contribution in [3.63, 3.8) is 0 Å². The zero-order valence-corrected chi connectivity index (χ0v) is 32.1. The van der Waals surface area contributed by atoms with Crippen LogP contribution in [-0.4, -0.2) is 8.80 Å². The van der Waals surface area contributed by atoms with Crippen LogP contribution in [-0.2, 0) is 0 Å². The summed E-state index contributed by atoms with van der Waals surface area (Å²) >= 11 is 0. The van der Waals surface area contributed by atoms with E-state index in [9.17, 15) is 19.0 Å². The number of anilines is 6. The van der Waals surface area contributed by atoms with Gasteiger partial charge < -0.3 is 18.6 Å². The number of para-hydroxylation sites is 4. The number of fused-ring (bicyclic) bond motifs is 12. The van der Waals surface area contributed by atoms with Gasteiger partial charge in [-0.15, -0.1) is 0 Å². The molecule has 0 aliphatic heterocycles. The van der Waals surface area contributed by atoms with Crippen molar-refractivity contribution < 1.29 is 19.2 Å². The molecule has 0 N–H and O–H groups in total. The zero-order valence-electron chi connectivity index (χ0n) is 46.1. The number of nitriles is 1. The summed E-state index contributed by atoms with van der Waals surface area (Å²) in [4.78, 5) is 6.92. The van der Waals surface area contributed by atoms with E-state index in [-0.39, 0.29) is 111 Å². The van der Waals surface area contributed by atoms with E-state index < -0.39 is 72.5 Å². The molecule has 0 radical (unpaired) electrons. The Bertz CT molecular complexity index is 4540. The number of rotatable bonds is 6. The van der Waals surface area contributed by atoms with E-state index in [2.05, 4.69) is 10.9 Å². The fraction of sp³-hybridized carbons (Fsp3) is 0. The lowest BCUT2D eigenvalue weighted by molar-refractivity contribution is 1.29. The summed E-state index contributed by atoms with van der Waals surface area (Å²) < 4.78 is 138. The molecule has 62 heavy (non-hydrogen) atoms. The van der Waals surface area contributed by atoms with Crippen LogP contribution in [0.3, 0.4) is 0 Å². The minimum Gasteiger partial charge on any atom is -0.311 e. The third-order valence-corrected chi connectivity index (χ3v) is 11.6. The molecule has 4 heterocycles. The zero-order chi connectivity index (χ0) is 53.2. The first-order valence-corrected chi connectivity index (χ1v) is 19.6. The highest BCUT2D eigenvalue weighted by molar-refractivity contribution is 6.32. The van der Waals surface area contributed by atoms with Crippen LogP contribution in [0.4, 0.5) is 39.8 Å². The summed E-state index contributed by atoms with van der Waals surface area (Å²) in [6.45, 7) is 7.85. The van der Waals surface area contributed by atoms with Crippen molar-refractivity contribution in [1.29, 1.82) is 5.26 Å². The fourth-order valence-electron chi connectivity index (χ4n) is 9.12. The first kappa shape index (κ1) is 23.1. The maximum atomic E-state index is 10.4. The van der Waals surface area contributed by atoms with E-state index in [1.165, 1.54) is 8.80 Å². The monoisotopic (exact) mass is 802 g/mol. The minimum absolute atomic E-state index is 0.0152. The van der Waals surface area contributed by atoms with Crippen molar-refractivity contribution in [2.45, 2.75) is 0 Å². The Labute approximate surface area is 375 Å². The van der Waals surface area contributed by atoms with Crippen LogP contribution in [0.5, 0.6) is 0 Å². The van der Waals surface area contributed by atoms with E-state index in [1.807, 2.05) is 0 Å². The van der Waals surface area contributed by atoms with Gasteiger partial charge in [-0.1, -0.05) is 103 Å². The Morgan fingerprint density at radius 3 is 1.48 bits per heavy atom. The molecular formula is C56H32N6. The summed E-state index contributed by atoms with van der Waals surface area (Å²) in [5, 5.41) is 9.88. The van der Waals surface area contributed by atoms with Crippen LogP contribution in [0.1, 0.15) is 24.8 Å². The number of hydrogen-bond acceptors (Lipinski definition) is 3. The van der Waals surface area contributed by atoms with Gasteiger partial charge in [0.15, 0.2) is 5.69 Å². The van der Waals surface area contributed by atoms with Crippen molar-refractivity contribution in [2.75, 3.05) is 9.80 Å². The molecule has 0 aliphatic carbocycles. The van der Waals surface area contributed by atoms with E-state index >= 15 is 0 Å². The predicted octanol–water partition coefficient (Wildman–Crippen LogP) is 15.3. The van der Waals surface area contributed by atoms with Gasteiger partial charge in [-0.05, 0) is 90.9 Å². The van der Waals surface area contributed by atoms with E-state index in [0.29, 0.717) is 22.7 Å². The average Bonchev–Trinajstić information content (AvgIpc) is 4.19. The van der Waals surface area contributed by atoms with Crippen LogP contribution in [0, 0.1) is 17.9 Å². The lowest BCUT2D eigenvalue weighted by Gasteiger charge is -2.26. The Morgan fingerprint density at radius 2 is 0.968 bits per heavy atom. The molecule has 6 nitrogen and oxygen atoms in total. The molecule has 13 aromatic rings. The molecule has 0 fully saturated rings. The van der Waals surface area contributed by atoms with Gasteiger partial charge in [0.1, 0.15) is 0 Å². The van der Waals surface area contributed by atoms with Crippen molar-refractivity contribution in [3.8, 4) is 6.07 Å². The topological polar surface area (TPSA) is 43.5 Å². The van der Waals surface area contributed by atoms with Crippen molar-refractivity contribution in [1.82, 2.24) is 8.80 Å². The quantitative estimate of drug-likeness (QED) is 0.157. The minimum atomic E-state index is -0.614. The van der Waals surface area contributed by atoms with Crippen LogP contribution in [0.2, 0.25) is 0 Å². The lowest BCUT2D eigenvalue weighted by Crippen LogP contribution is -2.10. The number of aromatic nitrogens is 2. The Kier molecular flexibility index (Phi) is 4.78. The Hall–Kier alpha value is -8.84. The molecule has 0 atom stereocenters. The van der Waals surface area contributed by atoms with Crippen molar-refractivity contribution in [3.05, 3.63) is 211 Å². The molecule has 0 saturated carbocycles. The largest absolute Gasteiger partial charge is 0.311 e. The highest BCUT2D eigenvalue weighted by Gasteiger charge is 2.28. The maximum Gasteiger partial charge on any atom is 0.189 e. The van der Waals surface area contributed by atoms with Crippen LogP contribution < -0.4 is 9.80 Å². The molecule has 286 valence electrons. The standard InChI is InChI=1S/C56H32N6/c1-58-36-15-13-21-40(31-36)60(38-18-6-3-7-19-38)50-29-27-42-46-33-51-45(32-52(46)62-48-25-11-9-23-44(48)54(50)56(42)62)41-26-28-49(53-43-22-8-10-24-47(43)61(51)55(41)53)59(37-16-4-2-5-17-37)39-20-12-14-35(30-39)34-57/h2-33H/i8D,9D,10D,11D,22D,23D,24D,25D,26D,27D,28D,29D,32D,33D. The smallest absolute Gasteiger partial charge is 0.189 e. The molecular weight excluding hydrogens is 757 g/mol. The van der Waals surface area contributed by atoms with Crippen molar-refractivity contribution >= 4 is 116 Å². The highest BCUT2D eigenvalue weighted by atomic mass is 15.2. The molecule has 4 aromatic heterocycles. The molecule has 9 aromatic carbocycles. The first-order valence-electron chi connectivity index (χ1n) is 26.6. The average molecular weight is 803 g/mol. The normalized spacial score (nSPS) is 15.0. The van der Waals surface area contributed by atoms with Gasteiger partial charge >= 0.3 is 0 Å². The third-order valence-electron chi connectivity index (χ3n) is 11.6.